The molecule has 2 N–H and O–H groups in total. The second-order valence-electron chi connectivity index (χ2n) is 4.93. The van der Waals surface area contributed by atoms with Crippen molar-refractivity contribution in [3.05, 3.63) is 29.3 Å². The zero-order valence-corrected chi connectivity index (χ0v) is 10.9. The zero-order valence-electron chi connectivity index (χ0n) is 10.9. The topological polar surface area (TPSA) is 46.3 Å². The van der Waals surface area contributed by atoms with Crippen LogP contribution in [0.2, 0.25) is 0 Å². The summed E-state index contributed by atoms with van der Waals surface area (Å²) in [6.45, 7) is -0.395. The van der Waals surface area contributed by atoms with Crippen molar-refractivity contribution in [2.24, 2.45) is 5.92 Å². The molecule has 1 saturated heterocycles. The molecule has 116 valence electrons. The van der Waals surface area contributed by atoms with Crippen LogP contribution in [0.3, 0.4) is 0 Å². The van der Waals surface area contributed by atoms with Crippen LogP contribution >= 0.6 is 0 Å². The molecule has 0 spiro atoms. The van der Waals surface area contributed by atoms with Crippen molar-refractivity contribution in [1.29, 1.82) is 0 Å². The number of hydrogen-bond donors (Lipinski definition) is 1. The van der Waals surface area contributed by atoms with Crippen LogP contribution in [0.1, 0.15) is 23.2 Å². The third-order valence-electron chi connectivity index (χ3n) is 3.58. The maximum absolute atomic E-state index is 13.7. The first-order valence-electron chi connectivity index (χ1n) is 6.31. The molecule has 1 aliphatic heterocycles. The van der Waals surface area contributed by atoms with E-state index >= 15 is 0 Å². The average molecular weight is 308 g/mol. The number of anilines is 1. The van der Waals surface area contributed by atoms with E-state index in [1.165, 1.54) is 0 Å². The molecule has 0 unspecified atom stereocenters. The van der Waals surface area contributed by atoms with Crippen LogP contribution in [0.15, 0.2) is 12.1 Å². The minimum absolute atomic E-state index is 0.198. The summed E-state index contributed by atoms with van der Waals surface area (Å²) in [5.74, 6) is -4.72. The van der Waals surface area contributed by atoms with Gasteiger partial charge in [-0.3, -0.25) is 4.79 Å². The molecule has 3 nitrogen and oxygen atoms in total. The lowest BCUT2D eigenvalue weighted by atomic mass is 9.95. The molecular formula is C13H13F5N2O. The summed E-state index contributed by atoms with van der Waals surface area (Å²) >= 11 is 0. The van der Waals surface area contributed by atoms with Gasteiger partial charge in [0, 0.05) is 13.1 Å². The van der Waals surface area contributed by atoms with E-state index in [1.807, 2.05) is 0 Å². The standard InChI is InChI=1S/C13H13F5N2O/c14-8-1-2-9(19)11(15)10(8)12(21)20-5-3-7(4-6-20)13(16,17)18/h1-2,7H,3-6,19H2. The van der Waals surface area contributed by atoms with Gasteiger partial charge in [-0.2, -0.15) is 13.2 Å². The van der Waals surface area contributed by atoms with Crippen LogP contribution in [-0.4, -0.2) is 30.1 Å². The molecular weight excluding hydrogens is 295 g/mol. The first-order chi connectivity index (χ1) is 9.71. The van der Waals surface area contributed by atoms with Gasteiger partial charge in [-0.25, -0.2) is 8.78 Å². The molecule has 1 aromatic rings. The highest BCUT2D eigenvalue weighted by Crippen LogP contribution is 2.34. The summed E-state index contributed by atoms with van der Waals surface area (Å²) in [6, 6.07) is 1.84. The molecule has 1 heterocycles. The lowest BCUT2D eigenvalue weighted by Gasteiger charge is -2.33. The van der Waals surface area contributed by atoms with Crippen LogP contribution < -0.4 is 5.73 Å². The van der Waals surface area contributed by atoms with E-state index in [-0.39, 0.29) is 31.6 Å². The molecule has 1 aromatic carbocycles. The molecule has 1 amide bonds. The zero-order chi connectivity index (χ0) is 15.8. The average Bonchev–Trinajstić information content (AvgIpc) is 2.42. The van der Waals surface area contributed by atoms with Gasteiger partial charge in [0.05, 0.1) is 11.6 Å². The lowest BCUT2D eigenvalue weighted by Crippen LogP contribution is -2.42. The first kappa shape index (κ1) is 15.5. The van der Waals surface area contributed by atoms with Crippen molar-refractivity contribution in [3.8, 4) is 0 Å². The van der Waals surface area contributed by atoms with Crippen molar-refractivity contribution in [1.82, 2.24) is 4.90 Å². The molecule has 0 bridgehead atoms. The normalized spacial score (nSPS) is 17.1. The van der Waals surface area contributed by atoms with Gasteiger partial charge in [0.2, 0.25) is 0 Å². The minimum Gasteiger partial charge on any atom is -0.396 e. The quantitative estimate of drug-likeness (QED) is 0.640. The van der Waals surface area contributed by atoms with Crippen LogP contribution in [0.5, 0.6) is 0 Å². The Morgan fingerprint density at radius 2 is 1.76 bits per heavy atom. The number of benzene rings is 1. The number of rotatable bonds is 1. The van der Waals surface area contributed by atoms with Gasteiger partial charge in [-0.05, 0) is 25.0 Å². The SMILES string of the molecule is Nc1ccc(F)c(C(=O)N2CCC(C(F)(F)F)CC2)c1F. The molecule has 8 heteroatoms. The molecule has 1 fully saturated rings. The van der Waals surface area contributed by atoms with E-state index in [0.717, 1.165) is 17.0 Å². The number of alkyl halides is 3. The van der Waals surface area contributed by atoms with Crippen LogP contribution in [-0.2, 0) is 0 Å². The Bertz CT molecular complexity index is 550. The summed E-state index contributed by atoms with van der Waals surface area (Å²) in [7, 11) is 0. The van der Waals surface area contributed by atoms with Crippen LogP contribution in [0, 0.1) is 17.6 Å². The maximum atomic E-state index is 13.7. The van der Waals surface area contributed by atoms with Crippen molar-refractivity contribution in [3.63, 3.8) is 0 Å². The predicted octanol–water partition coefficient (Wildman–Crippen LogP) is 2.96. The molecule has 0 saturated carbocycles. The number of likely N-dealkylation sites (tertiary alicyclic amines) is 1. The Kier molecular flexibility index (Phi) is 4.06. The third kappa shape index (κ3) is 3.08. The number of carbonyl (C=O) groups excluding carboxylic acids is 1. The van der Waals surface area contributed by atoms with Crippen molar-refractivity contribution in [2.45, 2.75) is 19.0 Å². The Hall–Kier alpha value is -1.86. The second-order valence-corrected chi connectivity index (χ2v) is 4.93. The van der Waals surface area contributed by atoms with Gasteiger partial charge in [0.15, 0.2) is 5.82 Å². The molecule has 2 rings (SSSR count). The molecule has 1 aliphatic rings. The molecule has 0 atom stereocenters. The number of hydrogen-bond acceptors (Lipinski definition) is 2. The fraction of sp³-hybridized carbons (Fsp3) is 0.462. The first-order valence-corrected chi connectivity index (χ1v) is 6.31. The summed E-state index contributed by atoms with van der Waals surface area (Å²) in [5.41, 5.74) is 4.07. The highest BCUT2D eigenvalue weighted by molar-refractivity contribution is 5.95. The number of halogens is 5. The van der Waals surface area contributed by atoms with Gasteiger partial charge < -0.3 is 10.6 Å². The number of nitrogens with two attached hydrogens (primary N) is 1. The second kappa shape index (κ2) is 5.50. The van der Waals surface area contributed by atoms with E-state index < -0.39 is 35.2 Å². The fourth-order valence-electron chi connectivity index (χ4n) is 2.33. The highest BCUT2D eigenvalue weighted by Gasteiger charge is 2.42. The van der Waals surface area contributed by atoms with Gasteiger partial charge in [-0.15, -0.1) is 0 Å². The van der Waals surface area contributed by atoms with Gasteiger partial charge in [0.1, 0.15) is 11.4 Å². The van der Waals surface area contributed by atoms with Crippen molar-refractivity contribution in [2.75, 3.05) is 18.8 Å². The Balaban J connectivity index is 2.15. The number of nitrogens with zero attached hydrogens (tertiary/aromatic N) is 1. The van der Waals surface area contributed by atoms with E-state index in [2.05, 4.69) is 0 Å². The van der Waals surface area contributed by atoms with E-state index in [9.17, 15) is 26.7 Å². The van der Waals surface area contributed by atoms with Crippen LogP contribution in [0.25, 0.3) is 0 Å². The fourth-order valence-corrected chi connectivity index (χ4v) is 2.33. The minimum atomic E-state index is -4.32. The van der Waals surface area contributed by atoms with E-state index in [0.29, 0.717) is 0 Å². The summed E-state index contributed by atoms with van der Waals surface area (Å²) in [6.07, 6.45) is -4.87. The molecule has 0 aliphatic carbocycles. The number of carbonyl (C=O) groups is 1. The summed E-state index contributed by atoms with van der Waals surface area (Å²) < 4.78 is 64.9. The monoisotopic (exact) mass is 308 g/mol. The Morgan fingerprint density at radius 3 is 2.29 bits per heavy atom. The van der Waals surface area contributed by atoms with Gasteiger partial charge in [0.25, 0.3) is 5.91 Å². The van der Waals surface area contributed by atoms with Crippen molar-refractivity contribution < 1.29 is 26.7 Å². The smallest absolute Gasteiger partial charge is 0.391 e. The lowest BCUT2D eigenvalue weighted by molar-refractivity contribution is -0.183. The predicted molar refractivity (Wildman–Crippen MR) is 65.5 cm³/mol. The van der Waals surface area contributed by atoms with Crippen LogP contribution in [0.4, 0.5) is 27.6 Å². The third-order valence-corrected chi connectivity index (χ3v) is 3.58. The highest BCUT2D eigenvalue weighted by atomic mass is 19.4. The number of amides is 1. The van der Waals surface area contributed by atoms with Gasteiger partial charge in [-0.1, -0.05) is 0 Å². The molecule has 0 radical (unpaired) electrons. The van der Waals surface area contributed by atoms with E-state index in [1.54, 1.807) is 0 Å². The maximum Gasteiger partial charge on any atom is 0.391 e. The van der Waals surface area contributed by atoms with Crippen molar-refractivity contribution >= 4 is 11.6 Å². The Labute approximate surface area is 117 Å². The largest absolute Gasteiger partial charge is 0.396 e. The Morgan fingerprint density at radius 1 is 1.19 bits per heavy atom. The molecule has 0 aromatic heterocycles. The number of nitrogen functional groups attached to an aromatic ring is 1. The van der Waals surface area contributed by atoms with Gasteiger partial charge >= 0.3 is 6.18 Å². The summed E-state index contributed by atoms with van der Waals surface area (Å²) in [5, 5.41) is 0. The molecule has 21 heavy (non-hydrogen) atoms. The summed E-state index contributed by atoms with van der Waals surface area (Å²) in [4.78, 5) is 13.1. The van der Waals surface area contributed by atoms with E-state index in [4.69, 9.17) is 5.73 Å². The number of piperidine rings is 1.